The third-order valence-corrected chi connectivity index (χ3v) is 2.97. The molecule has 0 saturated carbocycles. The number of benzene rings is 1. The normalized spacial score (nSPS) is 11.2. The molecule has 0 spiro atoms. The van der Waals surface area contributed by atoms with Crippen LogP contribution in [0.15, 0.2) is 35.1 Å². The van der Waals surface area contributed by atoms with Crippen LogP contribution in [0.3, 0.4) is 0 Å². The average molecular weight is 288 g/mol. The van der Waals surface area contributed by atoms with E-state index in [2.05, 4.69) is 31.0 Å². The molecule has 20 heavy (non-hydrogen) atoms. The van der Waals surface area contributed by atoms with Crippen molar-refractivity contribution < 1.29 is 4.52 Å². The number of hydrogen-bond donors (Lipinski definition) is 1. The molecule has 3 heterocycles. The highest BCUT2D eigenvalue weighted by molar-refractivity contribution is 6.30. The van der Waals surface area contributed by atoms with Gasteiger partial charge in [0.15, 0.2) is 17.6 Å². The predicted octanol–water partition coefficient (Wildman–Crippen LogP) is 2.06. The molecular weight excluding hydrogens is 282 g/mol. The zero-order valence-electron chi connectivity index (χ0n) is 9.86. The van der Waals surface area contributed by atoms with Crippen LogP contribution in [0.2, 0.25) is 5.02 Å². The Morgan fingerprint density at radius 2 is 2.20 bits per heavy atom. The molecule has 1 aromatic carbocycles. The van der Waals surface area contributed by atoms with E-state index in [1.807, 2.05) is 12.1 Å². The summed E-state index contributed by atoms with van der Waals surface area (Å²) in [4.78, 5) is 4.39. The molecular formula is C11H6ClN7O. The van der Waals surface area contributed by atoms with Crippen molar-refractivity contribution in [3.8, 4) is 0 Å². The van der Waals surface area contributed by atoms with Gasteiger partial charge in [-0.1, -0.05) is 22.8 Å². The van der Waals surface area contributed by atoms with E-state index >= 15 is 0 Å². The van der Waals surface area contributed by atoms with Gasteiger partial charge in [-0.2, -0.15) is 4.52 Å². The van der Waals surface area contributed by atoms with Crippen molar-refractivity contribution in [1.82, 2.24) is 30.2 Å². The second-order valence-electron chi connectivity index (χ2n) is 4.03. The van der Waals surface area contributed by atoms with Gasteiger partial charge in [0.1, 0.15) is 0 Å². The van der Waals surface area contributed by atoms with Crippen LogP contribution in [0.5, 0.6) is 0 Å². The predicted molar refractivity (Wildman–Crippen MR) is 70.9 cm³/mol. The summed E-state index contributed by atoms with van der Waals surface area (Å²) in [5.41, 5.74) is 2.24. The highest BCUT2D eigenvalue weighted by atomic mass is 35.5. The Morgan fingerprint density at radius 3 is 3.10 bits per heavy atom. The Labute approximate surface area is 116 Å². The number of halogens is 1. The van der Waals surface area contributed by atoms with Crippen LogP contribution in [-0.2, 0) is 0 Å². The molecule has 0 atom stereocenters. The van der Waals surface area contributed by atoms with Crippen molar-refractivity contribution >= 4 is 39.9 Å². The summed E-state index contributed by atoms with van der Waals surface area (Å²) in [6.07, 6.45) is 1.43. The van der Waals surface area contributed by atoms with E-state index in [9.17, 15) is 0 Å². The first-order valence-electron chi connectivity index (χ1n) is 5.66. The Bertz CT molecular complexity index is 915. The molecule has 4 rings (SSSR count). The zero-order chi connectivity index (χ0) is 13.5. The molecule has 0 radical (unpaired) electrons. The van der Waals surface area contributed by atoms with Gasteiger partial charge in [-0.05, 0) is 28.6 Å². The zero-order valence-corrected chi connectivity index (χ0v) is 10.6. The lowest BCUT2D eigenvalue weighted by Gasteiger charge is -2.06. The molecule has 98 valence electrons. The summed E-state index contributed by atoms with van der Waals surface area (Å²) < 4.78 is 6.35. The van der Waals surface area contributed by atoms with Crippen molar-refractivity contribution in [1.29, 1.82) is 0 Å². The molecule has 1 N–H and O–H groups in total. The molecule has 0 unspecified atom stereocenters. The SMILES string of the molecule is Clc1cccc(Nc2nc3conc3n3nnnc23)c1. The van der Waals surface area contributed by atoms with Gasteiger partial charge in [0, 0.05) is 10.7 Å². The van der Waals surface area contributed by atoms with E-state index in [-0.39, 0.29) is 0 Å². The summed E-state index contributed by atoms with van der Waals surface area (Å²) in [7, 11) is 0. The standard InChI is InChI=1S/C11H6ClN7O/c12-6-2-1-3-7(4-6)13-9-11-15-17-18-19(11)10-8(14-9)5-20-16-10/h1-5H,(H,13,14). The quantitative estimate of drug-likeness (QED) is 0.603. The maximum Gasteiger partial charge on any atom is 0.226 e. The Morgan fingerprint density at radius 1 is 1.25 bits per heavy atom. The first kappa shape index (κ1) is 11.1. The fourth-order valence-corrected chi connectivity index (χ4v) is 2.07. The Kier molecular flexibility index (Phi) is 2.30. The molecule has 0 bridgehead atoms. The number of rotatable bonds is 2. The van der Waals surface area contributed by atoms with Crippen LogP contribution < -0.4 is 5.32 Å². The molecule has 0 amide bonds. The van der Waals surface area contributed by atoms with Gasteiger partial charge in [0.25, 0.3) is 0 Å². The minimum atomic E-state index is 0.450. The first-order valence-corrected chi connectivity index (χ1v) is 6.04. The van der Waals surface area contributed by atoms with E-state index in [0.717, 1.165) is 5.69 Å². The maximum atomic E-state index is 5.95. The van der Waals surface area contributed by atoms with Gasteiger partial charge in [-0.15, -0.1) is 5.10 Å². The number of nitrogens with one attached hydrogen (secondary N) is 1. The van der Waals surface area contributed by atoms with Crippen molar-refractivity contribution in [2.45, 2.75) is 0 Å². The lowest BCUT2D eigenvalue weighted by molar-refractivity contribution is 0.425. The molecule has 3 aromatic heterocycles. The van der Waals surface area contributed by atoms with E-state index in [0.29, 0.717) is 27.7 Å². The lowest BCUT2D eigenvalue weighted by atomic mass is 10.3. The summed E-state index contributed by atoms with van der Waals surface area (Å²) in [6, 6.07) is 7.27. The van der Waals surface area contributed by atoms with E-state index in [4.69, 9.17) is 16.1 Å². The molecule has 0 saturated heterocycles. The van der Waals surface area contributed by atoms with E-state index in [1.165, 1.54) is 10.8 Å². The van der Waals surface area contributed by atoms with Gasteiger partial charge in [-0.25, -0.2) is 4.98 Å². The Hall–Kier alpha value is -2.74. The third kappa shape index (κ3) is 1.66. The number of fused-ring (bicyclic) bond motifs is 3. The highest BCUT2D eigenvalue weighted by Crippen LogP contribution is 2.23. The van der Waals surface area contributed by atoms with Gasteiger partial charge >= 0.3 is 0 Å². The minimum Gasteiger partial charge on any atom is -0.360 e. The van der Waals surface area contributed by atoms with Gasteiger partial charge < -0.3 is 9.84 Å². The maximum absolute atomic E-state index is 5.95. The van der Waals surface area contributed by atoms with Crippen molar-refractivity contribution in [2.75, 3.05) is 5.32 Å². The summed E-state index contributed by atoms with van der Waals surface area (Å²) in [5, 5.41) is 19.0. The average Bonchev–Trinajstić information content (AvgIpc) is 3.06. The monoisotopic (exact) mass is 287 g/mol. The fourth-order valence-electron chi connectivity index (χ4n) is 1.88. The second kappa shape index (κ2) is 4.14. The molecule has 8 nitrogen and oxygen atoms in total. The van der Waals surface area contributed by atoms with Crippen molar-refractivity contribution in [2.24, 2.45) is 0 Å². The van der Waals surface area contributed by atoms with Crippen molar-refractivity contribution in [3.63, 3.8) is 0 Å². The van der Waals surface area contributed by atoms with Gasteiger partial charge in [0.2, 0.25) is 11.3 Å². The minimum absolute atomic E-state index is 0.450. The van der Waals surface area contributed by atoms with Crippen LogP contribution in [-0.4, -0.2) is 30.2 Å². The van der Waals surface area contributed by atoms with E-state index < -0.39 is 0 Å². The van der Waals surface area contributed by atoms with Crippen LogP contribution >= 0.6 is 11.6 Å². The summed E-state index contributed by atoms with van der Waals surface area (Å²) in [5.74, 6) is 0.493. The number of hydrogen-bond acceptors (Lipinski definition) is 7. The fraction of sp³-hybridized carbons (Fsp3) is 0. The lowest BCUT2D eigenvalue weighted by Crippen LogP contribution is -2.00. The molecule has 0 aliphatic rings. The molecule has 4 aromatic rings. The number of anilines is 2. The smallest absolute Gasteiger partial charge is 0.226 e. The summed E-state index contributed by atoms with van der Waals surface area (Å²) in [6.45, 7) is 0. The number of nitrogens with zero attached hydrogens (tertiary/aromatic N) is 6. The second-order valence-corrected chi connectivity index (χ2v) is 4.47. The van der Waals surface area contributed by atoms with Crippen LogP contribution in [0.1, 0.15) is 0 Å². The first-order chi connectivity index (χ1) is 9.81. The topological polar surface area (TPSA) is 94.0 Å². The summed E-state index contributed by atoms with van der Waals surface area (Å²) >= 11 is 5.95. The molecule has 9 heteroatoms. The highest BCUT2D eigenvalue weighted by Gasteiger charge is 2.14. The van der Waals surface area contributed by atoms with Crippen molar-refractivity contribution in [3.05, 3.63) is 35.6 Å². The van der Waals surface area contributed by atoms with Gasteiger partial charge in [-0.3, -0.25) is 0 Å². The van der Waals surface area contributed by atoms with Gasteiger partial charge in [0.05, 0.1) is 0 Å². The Balaban J connectivity index is 1.91. The third-order valence-electron chi connectivity index (χ3n) is 2.73. The molecule has 0 fully saturated rings. The molecule has 0 aliphatic carbocycles. The number of aromatic nitrogens is 6. The largest absolute Gasteiger partial charge is 0.360 e. The van der Waals surface area contributed by atoms with Crippen LogP contribution in [0.25, 0.3) is 16.8 Å². The van der Waals surface area contributed by atoms with Crippen LogP contribution in [0, 0.1) is 0 Å². The molecule has 0 aliphatic heterocycles. The van der Waals surface area contributed by atoms with Crippen LogP contribution in [0.4, 0.5) is 11.5 Å². The van der Waals surface area contributed by atoms with E-state index in [1.54, 1.807) is 12.1 Å². The number of tetrazole rings is 1.